The van der Waals surface area contributed by atoms with Gasteiger partial charge in [0.05, 0.1) is 29.7 Å². The summed E-state index contributed by atoms with van der Waals surface area (Å²) in [6.45, 7) is -0.136. The molecule has 2 aromatic carbocycles. The number of amides is 1. The molecule has 2 aromatic rings. The number of nitrogens with zero attached hydrogens (tertiary/aromatic N) is 1. The first-order valence-corrected chi connectivity index (χ1v) is 11.3. The van der Waals surface area contributed by atoms with Crippen LogP contribution in [0.25, 0.3) is 0 Å². The third-order valence-corrected chi connectivity index (χ3v) is 6.41. The molecule has 9 nitrogen and oxygen atoms in total. The van der Waals surface area contributed by atoms with E-state index in [4.69, 9.17) is 25.8 Å². The van der Waals surface area contributed by atoms with Crippen molar-refractivity contribution in [1.29, 1.82) is 0 Å². The molecule has 0 bridgehead atoms. The van der Waals surface area contributed by atoms with Gasteiger partial charge < -0.3 is 19.1 Å². The van der Waals surface area contributed by atoms with E-state index >= 15 is 0 Å². The number of hydrogen-bond acceptors (Lipinski definition) is 7. The minimum atomic E-state index is -3.77. The average Bonchev–Trinajstić information content (AvgIpc) is 2.80. The summed E-state index contributed by atoms with van der Waals surface area (Å²) in [6.07, 6.45) is 0.548. The molecule has 0 spiro atoms. The van der Waals surface area contributed by atoms with Gasteiger partial charge in [0.1, 0.15) is 0 Å². The minimum absolute atomic E-state index is 0.0132. The lowest BCUT2D eigenvalue weighted by molar-refractivity contribution is -0.133. The van der Waals surface area contributed by atoms with Crippen molar-refractivity contribution in [1.82, 2.24) is 9.62 Å². The van der Waals surface area contributed by atoms with Crippen LogP contribution in [0, 0.1) is 0 Å². The second-order valence-corrected chi connectivity index (χ2v) is 8.97. The molecular weight excluding hydrogens is 460 g/mol. The lowest BCUT2D eigenvalue weighted by atomic mass is 10.1. The predicted molar refractivity (Wildman–Crippen MR) is 119 cm³/mol. The highest BCUT2D eigenvalue weighted by molar-refractivity contribution is 7.89. The van der Waals surface area contributed by atoms with Gasteiger partial charge in [0.15, 0.2) is 18.1 Å². The normalized spacial score (nSPS) is 11.0. The summed E-state index contributed by atoms with van der Waals surface area (Å²) in [5.74, 6) is -0.121. The first-order valence-electron chi connectivity index (χ1n) is 9.48. The summed E-state index contributed by atoms with van der Waals surface area (Å²) in [4.78, 5) is 26.0. The fourth-order valence-electron chi connectivity index (χ4n) is 2.72. The number of likely N-dealkylation sites (N-methyl/N-ethyl adjacent to an activating group) is 1. The third kappa shape index (κ3) is 6.35. The number of hydrogen-bond donors (Lipinski definition) is 1. The zero-order valence-electron chi connectivity index (χ0n) is 18.2. The smallest absolute Gasteiger partial charge is 0.340 e. The molecule has 0 unspecified atom stereocenters. The fraction of sp³-hybridized carbons (Fsp3) is 0.333. The first-order chi connectivity index (χ1) is 15.1. The number of rotatable bonds is 10. The van der Waals surface area contributed by atoms with E-state index in [1.165, 1.54) is 24.1 Å². The molecule has 32 heavy (non-hydrogen) atoms. The van der Waals surface area contributed by atoms with Crippen LogP contribution in [0.1, 0.15) is 15.9 Å². The molecule has 0 radical (unpaired) electrons. The maximum absolute atomic E-state index is 12.4. The van der Waals surface area contributed by atoms with Crippen molar-refractivity contribution in [2.45, 2.75) is 11.3 Å². The van der Waals surface area contributed by atoms with E-state index in [-0.39, 0.29) is 15.5 Å². The van der Waals surface area contributed by atoms with Gasteiger partial charge in [0.2, 0.25) is 10.0 Å². The Balaban J connectivity index is 1.96. The Bertz CT molecular complexity index is 1090. The number of methoxy groups -OCH3 is 2. The van der Waals surface area contributed by atoms with Crippen LogP contribution < -0.4 is 14.2 Å². The van der Waals surface area contributed by atoms with Gasteiger partial charge in [-0.05, 0) is 49.4 Å². The van der Waals surface area contributed by atoms with Gasteiger partial charge in [-0.25, -0.2) is 17.9 Å². The van der Waals surface area contributed by atoms with Crippen molar-refractivity contribution in [3.8, 4) is 11.5 Å². The Morgan fingerprint density at radius 1 is 1.06 bits per heavy atom. The maximum Gasteiger partial charge on any atom is 0.340 e. The van der Waals surface area contributed by atoms with Gasteiger partial charge in [0.25, 0.3) is 5.91 Å². The molecule has 0 heterocycles. The first kappa shape index (κ1) is 25.4. The number of carbonyl (C=O) groups excluding carboxylic acids is 2. The van der Waals surface area contributed by atoms with Gasteiger partial charge in [-0.3, -0.25) is 4.79 Å². The Morgan fingerprint density at radius 2 is 1.75 bits per heavy atom. The van der Waals surface area contributed by atoms with Crippen molar-refractivity contribution in [3.05, 3.63) is 52.5 Å². The van der Waals surface area contributed by atoms with Crippen LogP contribution >= 0.6 is 11.6 Å². The molecule has 0 atom stereocenters. The monoisotopic (exact) mass is 484 g/mol. The molecule has 0 aliphatic rings. The van der Waals surface area contributed by atoms with Crippen LogP contribution in [0.3, 0.4) is 0 Å². The minimum Gasteiger partial charge on any atom is -0.493 e. The van der Waals surface area contributed by atoms with E-state index < -0.39 is 28.5 Å². The van der Waals surface area contributed by atoms with E-state index in [0.29, 0.717) is 24.5 Å². The standard InChI is InChI=1S/C21H25ClN2O7S/c1-23-32(27,28)15-6-7-17(22)16(12-15)21(26)31-13-20(25)24(2)10-9-14-5-8-18(29-3)19(11-14)30-4/h5-8,11-12,23H,9-10,13H2,1-4H3. The predicted octanol–water partition coefficient (Wildman–Crippen LogP) is 2.12. The van der Waals surface area contributed by atoms with E-state index in [1.807, 2.05) is 12.1 Å². The molecule has 0 saturated carbocycles. The van der Waals surface area contributed by atoms with Gasteiger partial charge in [-0.2, -0.15) is 0 Å². The Hall–Kier alpha value is -2.82. The molecule has 0 saturated heterocycles. The van der Waals surface area contributed by atoms with Crippen molar-refractivity contribution in [2.75, 3.05) is 41.5 Å². The second-order valence-electron chi connectivity index (χ2n) is 6.68. The van der Waals surface area contributed by atoms with Gasteiger partial charge in [-0.1, -0.05) is 17.7 Å². The van der Waals surface area contributed by atoms with E-state index in [1.54, 1.807) is 27.3 Å². The van der Waals surface area contributed by atoms with E-state index in [0.717, 1.165) is 11.6 Å². The maximum atomic E-state index is 12.4. The van der Waals surface area contributed by atoms with Crippen molar-refractivity contribution in [3.63, 3.8) is 0 Å². The number of halogens is 1. The summed E-state index contributed by atoms with van der Waals surface area (Å²) >= 11 is 6.00. The van der Waals surface area contributed by atoms with Crippen LogP contribution in [0.15, 0.2) is 41.3 Å². The summed E-state index contributed by atoms with van der Waals surface area (Å²) in [5.41, 5.74) is 0.789. The summed E-state index contributed by atoms with van der Waals surface area (Å²) in [7, 11) is 2.16. The molecule has 2 rings (SSSR count). The van der Waals surface area contributed by atoms with Crippen molar-refractivity contribution >= 4 is 33.5 Å². The topological polar surface area (TPSA) is 111 Å². The molecule has 1 N–H and O–H groups in total. The number of benzene rings is 2. The van der Waals surface area contributed by atoms with Gasteiger partial charge in [0, 0.05) is 13.6 Å². The molecule has 174 valence electrons. The van der Waals surface area contributed by atoms with Gasteiger partial charge in [-0.15, -0.1) is 0 Å². The van der Waals surface area contributed by atoms with Crippen molar-refractivity contribution < 1.29 is 32.2 Å². The van der Waals surface area contributed by atoms with Gasteiger partial charge >= 0.3 is 5.97 Å². The summed E-state index contributed by atoms with van der Waals surface area (Å²) in [5, 5.41) is 0.0132. The highest BCUT2D eigenvalue weighted by Crippen LogP contribution is 2.27. The Morgan fingerprint density at radius 3 is 2.38 bits per heavy atom. The molecular formula is C21H25ClN2O7S. The van der Waals surface area contributed by atoms with Crippen LogP contribution in [-0.2, 0) is 26.0 Å². The lowest BCUT2D eigenvalue weighted by Crippen LogP contribution is -2.33. The number of sulfonamides is 1. The SMILES string of the molecule is CNS(=O)(=O)c1ccc(Cl)c(C(=O)OCC(=O)N(C)CCc2ccc(OC)c(OC)c2)c1. The molecule has 0 aliphatic carbocycles. The number of esters is 1. The van der Waals surface area contributed by atoms with Crippen LogP contribution in [0.2, 0.25) is 5.02 Å². The number of nitrogens with one attached hydrogen (secondary N) is 1. The largest absolute Gasteiger partial charge is 0.493 e. The Kier molecular flexibility index (Phi) is 8.88. The molecule has 11 heteroatoms. The van der Waals surface area contributed by atoms with Crippen molar-refractivity contribution in [2.24, 2.45) is 0 Å². The molecule has 1 amide bonds. The Labute approximate surface area is 192 Å². The van der Waals surface area contributed by atoms with Crippen LogP contribution in [0.4, 0.5) is 0 Å². The summed E-state index contributed by atoms with van der Waals surface area (Å²) < 4.78 is 41.5. The lowest BCUT2D eigenvalue weighted by Gasteiger charge is -2.18. The second kappa shape index (κ2) is 11.2. The zero-order chi connectivity index (χ0) is 23.9. The summed E-state index contributed by atoms with van der Waals surface area (Å²) in [6, 6.07) is 9.11. The molecule has 0 fully saturated rings. The third-order valence-electron chi connectivity index (χ3n) is 4.67. The molecule has 0 aliphatic heterocycles. The fourth-order valence-corrected chi connectivity index (χ4v) is 3.67. The number of ether oxygens (including phenoxy) is 3. The highest BCUT2D eigenvalue weighted by atomic mass is 35.5. The van der Waals surface area contributed by atoms with Crippen LogP contribution in [-0.4, -0.2) is 66.7 Å². The van der Waals surface area contributed by atoms with E-state index in [9.17, 15) is 18.0 Å². The molecule has 0 aromatic heterocycles. The number of carbonyl (C=O) groups is 2. The quantitative estimate of drug-likeness (QED) is 0.514. The average molecular weight is 485 g/mol. The highest BCUT2D eigenvalue weighted by Gasteiger charge is 2.20. The van der Waals surface area contributed by atoms with Crippen LogP contribution in [0.5, 0.6) is 11.5 Å². The van der Waals surface area contributed by atoms with E-state index in [2.05, 4.69) is 4.72 Å². The zero-order valence-corrected chi connectivity index (χ0v) is 19.7.